The molecule has 0 spiro atoms. The fraction of sp³-hybridized carbons (Fsp3) is 0.632. The molecule has 0 saturated carbocycles. The van der Waals surface area contributed by atoms with Gasteiger partial charge >= 0.3 is 0 Å². The highest BCUT2D eigenvalue weighted by atomic mass is 32.2. The molecule has 7 nitrogen and oxygen atoms in total. The second-order valence-corrected chi connectivity index (χ2v) is 8.65. The summed E-state index contributed by atoms with van der Waals surface area (Å²) in [7, 11) is -3.43. The van der Waals surface area contributed by atoms with Crippen molar-refractivity contribution in [1.29, 1.82) is 0 Å². The van der Waals surface area contributed by atoms with E-state index >= 15 is 0 Å². The number of benzene rings is 1. The van der Waals surface area contributed by atoms with Crippen molar-refractivity contribution in [2.45, 2.75) is 44.7 Å². The van der Waals surface area contributed by atoms with Gasteiger partial charge in [-0.05, 0) is 24.6 Å². The summed E-state index contributed by atoms with van der Waals surface area (Å²) in [5, 5.41) is 3.33. The summed E-state index contributed by atoms with van der Waals surface area (Å²) in [6.07, 6.45) is 0.439. The third kappa shape index (κ3) is 6.00. The number of ether oxygens (including phenoxy) is 1. The Morgan fingerprint density at radius 1 is 1.19 bits per heavy atom. The van der Waals surface area contributed by atoms with E-state index in [0.717, 1.165) is 5.56 Å². The highest BCUT2D eigenvalue weighted by Gasteiger charge is 2.21. The molecule has 1 N–H and O–H groups in total. The lowest BCUT2D eigenvalue weighted by Gasteiger charge is -2.28. The predicted octanol–water partition coefficient (Wildman–Crippen LogP) is 1.44. The van der Waals surface area contributed by atoms with Crippen LogP contribution in [0.25, 0.3) is 0 Å². The van der Waals surface area contributed by atoms with Crippen LogP contribution in [0, 0.1) is 0 Å². The Bertz CT molecular complexity index is 696. The van der Waals surface area contributed by atoms with Crippen LogP contribution in [0.4, 0.5) is 0 Å². The number of nitrogens with zero attached hydrogens (tertiary/aromatic N) is 2. The Hall–Kier alpha value is -1.48. The molecular formula is C19H31N3O4S. The molecule has 1 aliphatic rings. The van der Waals surface area contributed by atoms with Crippen LogP contribution in [-0.4, -0.2) is 69.0 Å². The maximum absolute atomic E-state index is 12.5. The van der Waals surface area contributed by atoms with E-state index < -0.39 is 10.0 Å². The number of carbonyl (C=O) groups is 1. The van der Waals surface area contributed by atoms with Crippen LogP contribution >= 0.6 is 0 Å². The molecule has 8 heteroatoms. The van der Waals surface area contributed by atoms with Crippen molar-refractivity contribution in [3.8, 4) is 0 Å². The van der Waals surface area contributed by atoms with Gasteiger partial charge in [0.05, 0.1) is 18.1 Å². The van der Waals surface area contributed by atoms with Gasteiger partial charge in [-0.2, -0.15) is 4.31 Å². The molecule has 0 aliphatic carbocycles. The zero-order valence-corrected chi connectivity index (χ0v) is 17.3. The van der Waals surface area contributed by atoms with Crippen LogP contribution in [0.15, 0.2) is 29.2 Å². The van der Waals surface area contributed by atoms with Gasteiger partial charge in [0.1, 0.15) is 0 Å². The molecule has 1 atom stereocenters. The topological polar surface area (TPSA) is 79.0 Å². The molecule has 1 aromatic carbocycles. The summed E-state index contributed by atoms with van der Waals surface area (Å²) in [6, 6.07) is 6.97. The summed E-state index contributed by atoms with van der Waals surface area (Å²) in [5.74, 6) is 0.138. The standard InChI is InChI=1S/C19H31N3O4S/c1-4-22(5-2)27(24,25)18-8-6-17(7-9-18)15-20-16(3)14-19(23)21-10-12-26-13-11-21/h6-9,16,20H,4-5,10-15H2,1-3H3/t16-/m1/s1. The first-order valence-corrected chi connectivity index (χ1v) is 11.0. The molecule has 1 amide bonds. The van der Waals surface area contributed by atoms with Gasteiger partial charge in [-0.3, -0.25) is 4.79 Å². The third-order valence-electron chi connectivity index (χ3n) is 4.77. The maximum Gasteiger partial charge on any atom is 0.243 e. The van der Waals surface area contributed by atoms with Crippen molar-refractivity contribution < 1.29 is 17.9 Å². The number of amides is 1. The fourth-order valence-corrected chi connectivity index (χ4v) is 4.52. The molecule has 1 fully saturated rings. The summed E-state index contributed by atoms with van der Waals surface area (Å²) in [6.45, 7) is 9.68. The second kappa shape index (κ2) is 10.2. The Labute approximate surface area is 162 Å². The maximum atomic E-state index is 12.5. The van der Waals surface area contributed by atoms with E-state index in [1.54, 1.807) is 12.1 Å². The molecule has 1 saturated heterocycles. The normalized spacial score (nSPS) is 16.5. The quantitative estimate of drug-likeness (QED) is 0.682. The summed E-state index contributed by atoms with van der Waals surface area (Å²) in [5.41, 5.74) is 0.985. The zero-order chi connectivity index (χ0) is 19.9. The molecular weight excluding hydrogens is 366 g/mol. The minimum atomic E-state index is -3.43. The largest absolute Gasteiger partial charge is 0.378 e. The lowest BCUT2D eigenvalue weighted by molar-refractivity contribution is -0.135. The predicted molar refractivity (Wildman–Crippen MR) is 105 cm³/mol. The van der Waals surface area contributed by atoms with Crippen LogP contribution in [0.2, 0.25) is 0 Å². The number of sulfonamides is 1. The summed E-state index contributed by atoms with van der Waals surface area (Å²) in [4.78, 5) is 14.4. The number of hydrogen-bond donors (Lipinski definition) is 1. The van der Waals surface area contributed by atoms with E-state index in [9.17, 15) is 13.2 Å². The molecule has 0 radical (unpaired) electrons. The van der Waals surface area contributed by atoms with Crippen LogP contribution in [0.3, 0.4) is 0 Å². The van der Waals surface area contributed by atoms with E-state index in [2.05, 4.69) is 5.32 Å². The average molecular weight is 398 g/mol. The fourth-order valence-electron chi connectivity index (χ4n) is 3.06. The molecule has 1 heterocycles. The van der Waals surface area contributed by atoms with E-state index in [4.69, 9.17) is 4.74 Å². The average Bonchev–Trinajstić information content (AvgIpc) is 2.68. The van der Waals surface area contributed by atoms with Crippen molar-refractivity contribution in [2.75, 3.05) is 39.4 Å². The van der Waals surface area contributed by atoms with Gasteiger partial charge in [-0.15, -0.1) is 0 Å². The minimum Gasteiger partial charge on any atom is -0.378 e. The van der Waals surface area contributed by atoms with Crippen molar-refractivity contribution in [1.82, 2.24) is 14.5 Å². The number of morpholine rings is 1. The van der Waals surface area contributed by atoms with Crippen molar-refractivity contribution in [2.24, 2.45) is 0 Å². The minimum absolute atomic E-state index is 0.0411. The first-order valence-electron chi connectivity index (χ1n) is 9.56. The molecule has 2 rings (SSSR count). The molecule has 0 unspecified atom stereocenters. The monoisotopic (exact) mass is 397 g/mol. The van der Waals surface area contributed by atoms with E-state index in [1.807, 2.05) is 37.8 Å². The Balaban J connectivity index is 1.86. The molecule has 1 aliphatic heterocycles. The number of rotatable bonds is 9. The lowest BCUT2D eigenvalue weighted by atomic mass is 10.1. The van der Waals surface area contributed by atoms with Crippen molar-refractivity contribution in [3.63, 3.8) is 0 Å². The number of nitrogens with one attached hydrogen (secondary N) is 1. The van der Waals surface area contributed by atoms with Gasteiger partial charge in [0.25, 0.3) is 0 Å². The van der Waals surface area contributed by atoms with Crippen LogP contribution in [-0.2, 0) is 26.1 Å². The molecule has 0 aromatic heterocycles. The Kier molecular flexibility index (Phi) is 8.22. The molecule has 0 bridgehead atoms. The Morgan fingerprint density at radius 2 is 1.78 bits per heavy atom. The van der Waals surface area contributed by atoms with Crippen molar-refractivity contribution in [3.05, 3.63) is 29.8 Å². The number of carbonyl (C=O) groups excluding carboxylic acids is 1. The summed E-state index contributed by atoms with van der Waals surface area (Å²) >= 11 is 0. The van der Waals surface area contributed by atoms with Gasteiger partial charge in [-0.1, -0.05) is 26.0 Å². The molecule has 152 valence electrons. The Morgan fingerprint density at radius 3 is 2.33 bits per heavy atom. The number of hydrogen-bond acceptors (Lipinski definition) is 5. The van der Waals surface area contributed by atoms with Gasteiger partial charge in [0, 0.05) is 45.2 Å². The summed E-state index contributed by atoms with van der Waals surface area (Å²) < 4.78 is 31.7. The van der Waals surface area contributed by atoms with Gasteiger partial charge in [0.15, 0.2) is 0 Å². The van der Waals surface area contributed by atoms with E-state index in [1.165, 1.54) is 4.31 Å². The molecule has 1 aromatic rings. The highest BCUT2D eigenvalue weighted by Crippen LogP contribution is 2.16. The van der Waals surface area contributed by atoms with Crippen LogP contribution in [0.1, 0.15) is 32.8 Å². The van der Waals surface area contributed by atoms with Gasteiger partial charge < -0.3 is 15.0 Å². The van der Waals surface area contributed by atoms with E-state index in [0.29, 0.717) is 57.3 Å². The first kappa shape index (κ1) is 21.8. The third-order valence-corrected chi connectivity index (χ3v) is 6.83. The smallest absolute Gasteiger partial charge is 0.243 e. The van der Waals surface area contributed by atoms with Gasteiger partial charge in [0.2, 0.25) is 15.9 Å². The van der Waals surface area contributed by atoms with Crippen LogP contribution < -0.4 is 5.32 Å². The highest BCUT2D eigenvalue weighted by molar-refractivity contribution is 7.89. The first-order chi connectivity index (χ1) is 12.9. The second-order valence-electron chi connectivity index (χ2n) is 6.71. The van der Waals surface area contributed by atoms with Gasteiger partial charge in [-0.25, -0.2) is 8.42 Å². The lowest BCUT2D eigenvalue weighted by Crippen LogP contribution is -2.43. The van der Waals surface area contributed by atoms with Crippen molar-refractivity contribution >= 4 is 15.9 Å². The zero-order valence-electron chi connectivity index (χ0n) is 16.5. The molecule has 27 heavy (non-hydrogen) atoms. The SMILES string of the molecule is CCN(CC)S(=O)(=O)c1ccc(CN[C@H](C)CC(=O)N2CCOCC2)cc1. The van der Waals surface area contributed by atoms with Crippen LogP contribution in [0.5, 0.6) is 0 Å². The van der Waals surface area contributed by atoms with E-state index in [-0.39, 0.29) is 11.9 Å².